The Morgan fingerprint density at radius 3 is 2.12 bits per heavy atom. The second kappa shape index (κ2) is 8.35. The summed E-state index contributed by atoms with van der Waals surface area (Å²) in [7, 11) is -5.25. The first-order chi connectivity index (χ1) is 6.65. The molecule has 0 saturated carbocycles. The van der Waals surface area contributed by atoms with E-state index in [0.29, 0.717) is 0 Å². The molecule has 0 amide bonds. The summed E-state index contributed by atoms with van der Waals surface area (Å²) in [5, 5.41) is 27.0. The fraction of sp³-hybridized carbons (Fsp3) is 0.833. The van der Waals surface area contributed by atoms with Crippen molar-refractivity contribution in [3.8, 4) is 0 Å². The zero-order chi connectivity index (χ0) is 12.2. The maximum atomic E-state index is 10.6. The zero-order valence-corrected chi connectivity index (χ0v) is 13.8. The zero-order valence-electron chi connectivity index (χ0n) is 8.48. The summed E-state index contributed by atoms with van der Waals surface area (Å²) in [6.45, 7) is -0.0522. The summed E-state index contributed by atoms with van der Waals surface area (Å²) in [5.41, 5.74) is 0. The Hall–Kier alpha value is 1.23. The number of aliphatic hydroxyl groups is 3. The Kier molecular flexibility index (Phi) is 10.2. The number of aliphatic hydroxyl groups excluding tert-OH is 3. The Balaban J connectivity index is 0. The Morgan fingerprint density at radius 1 is 1.38 bits per heavy atom. The van der Waals surface area contributed by atoms with Gasteiger partial charge in [-0.3, -0.25) is 4.79 Å². The number of phosphoric acid groups is 1. The van der Waals surface area contributed by atoms with Gasteiger partial charge in [-0.2, -0.15) is 0 Å². The monoisotopic (exact) mass is 380 g/mol. The normalized spacial score (nSPS) is 17.1. The standard InChI is InChI=1S/C6H13O8P.Ba/c1-3(7)5(9)6(10)4(8)2-14-15(11,12)13;/h4-6,8-10H,2H2,1H3,(H2,11,12,13);/q;+2/p-2/t4-,5-,6-;/m1./s1. The van der Waals surface area contributed by atoms with E-state index in [1.54, 1.807) is 0 Å². The van der Waals surface area contributed by atoms with Crippen LogP contribution in [0.2, 0.25) is 0 Å². The quantitative estimate of drug-likeness (QED) is 0.313. The van der Waals surface area contributed by atoms with E-state index in [0.717, 1.165) is 6.92 Å². The van der Waals surface area contributed by atoms with Gasteiger partial charge in [0.25, 0.3) is 0 Å². The van der Waals surface area contributed by atoms with Gasteiger partial charge in [0.05, 0.1) is 14.4 Å². The number of rotatable bonds is 6. The van der Waals surface area contributed by atoms with Crippen molar-refractivity contribution in [3.05, 3.63) is 0 Å². The van der Waals surface area contributed by atoms with E-state index >= 15 is 0 Å². The van der Waals surface area contributed by atoms with Crippen molar-refractivity contribution >= 4 is 62.5 Å². The topological polar surface area (TPSA) is 150 Å². The van der Waals surface area contributed by atoms with Crippen molar-refractivity contribution in [2.75, 3.05) is 6.61 Å². The van der Waals surface area contributed by atoms with E-state index < -0.39 is 38.5 Å². The van der Waals surface area contributed by atoms with Crippen LogP contribution in [0.25, 0.3) is 0 Å². The molecule has 0 aromatic carbocycles. The van der Waals surface area contributed by atoms with Crippen molar-refractivity contribution in [1.29, 1.82) is 0 Å². The van der Waals surface area contributed by atoms with Gasteiger partial charge in [-0.25, -0.2) is 0 Å². The average Bonchev–Trinajstić information content (AvgIpc) is 2.10. The Morgan fingerprint density at radius 2 is 1.81 bits per heavy atom. The van der Waals surface area contributed by atoms with E-state index in [4.69, 9.17) is 15.3 Å². The average molecular weight is 379 g/mol. The molecular weight excluding hydrogens is 368 g/mol. The number of carbonyl (C=O) groups is 1. The van der Waals surface area contributed by atoms with Crippen LogP contribution in [0.5, 0.6) is 0 Å². The number of hydrogen-bond donors (Lipinski definition) is 3. The molecule has 0 unspecified atom stereocenters. The summed E-state index contributed by atoms with van der Waals surface area (Å²) in [5.74, 6) is -0.811. The third kappa shape index (κ3) is 8.34. The molecule has 3 atom stereocenters. The molecule has 0 aliphatic heterocycles. The second-order valence-electron chi connectivity index (χ2n) is 2.86. The largest absolute Gasteiger partial charge is 2.00 e. The number of phosphoric ester groups is 1. The first kappa shape index (κ1) is 19.6. The Bertz CT molecular complexity index is 265. The molecule has 0 rings (SSSR count). The molecular formula is C6H11BaO8P. The molecule has 0 aromatic rings. The van der Waals surface area contributed by atoms with Crippen LogP contribution in [-0.4, -0.2) is 94.9 Å². The van der Waals surface area contributed by atoms with Gasteiger partial charge in [0.2, 0.25) is 0 Å². The van der Waals surface area contributed by atoms with Crippen molar-refractivity contribution in [1.82, 2.24) is 0 Å². The van der Waals surface area contributed by atoms with Gasteiger partial charge in [-0.15, -0.1) is 0 Å². The predicted molar refractivity (Wildman–Crippen MR) is 48.0 cm³/mol. The van der Waals surface area contributed by atoms with Crippen molar-refractivity contribution in [3.63, 3.8) is 0 Å². The number of carbonyl (C=O) groups excluding carboxylic acids is 1. The van der Waals surface area contributed by atoms with Crippen molar-refractivity contribution < 1.29 is 39.0 Å². The molecule has 0 aromatic heterocycles. The summed E-state index contributed by atoms with van der Waals surface area (Å²) >= 11 is 0. The van der Waals surface area contributed by atoms with E-state index in [9.17, 15) is 19.1 Å². The van der Waals surface area contributed by atoms with Gasteiger partial charge in [0, 0.05) is 0 Å². The fourth-order valence-corrected chi connectivity index (χ4v) is 1.05. The van der Waals surface area contributed by atoms with Crippen LogP contribution in [-0.2, 0) is 13.9 Å². The SMILES string of the molecule is CC(=O)[C@@H](O)[C@H](O)[C@H](O)COP(=O)([O-])[O-].[Ba+2]. The maximum Gasteiger partial charge on any atom is 2.00 e. The minimum Gasteiger partial charge on any atom is -0.790 e. The van der Waals surface area contributed by atoms with Gasteiger partial charge in [0.1, 0.15) is 18.3 Å². The van der Waals surface area contributed by atoms with Crippen molar-refractivity contribution in [2.45, 2.75) is 25.2 Å². The number of hydrogen-bond acceptors (Lipinski definition) is 8. The first-order valence-electron chi connectivity index (χ1n) is 3.86. The molecule has 3 N–H and O–H groups in total. The predicted octanol–water partition coefficient (Wildman–Crippen LogP) is -3.88. The van der Waals surface area contributed by atoms with Crippen LogP contribution >= 0.6 is 7.82 Å². The third-order valence-corrected chi connectivity index (χ3v) is 2.00. The molecule has 0 radical (unpaired) electrons. The molecule has 10 heteroatoms. The Labute approximate surface area is 132 Å². The molecule has 90 valence electrons. The molecule has 0 saturated heterocycles. The third-order valence-electron chi connectivity index (χ3n) is 1.54. The van der Waals surface area contributed by atoms with E-state index in [2.05, 4.69) is 4.52 Å². The van der Waals surface area contributed by atoms with Gasteiger partial charge < -0.3 is 34.2 Å². The summed E-state index contributed by atoms with van der Waals surface area (Å²) in [4.78, 5) is 30.5. The van der Waals surface area contributed by atoms with Crippen LogP contribution in [0.3, 0.4) is 0 Å². The molecule has 0 fully saturated rings. The number of ketones is 1. The van der Waals surface area contributed by atoms with Crippen molar-refractivity contribution in [2.24, 2.45) is 0 Å². The minimum atomic E-state index is -5.25. The van der Waals surface area contributed by atoms with Crippen LogP contribution in [0.4, 0.5) is 0 Å². The molecule has 8 nitrogen and oxygen atoms in total. The molecule has 0 heterocycles. The number of Topliss-reactive ketones (excluding diaryl/α,β-unsaturated/α-hetero) is 1. The molecule has 0 aliphatic carbocycles. The van der Waals surface area contributed by atoms with Crippen LogP contribution in [0.1, 0.15) is 6.92 Å². The van der Waals surface area contributed by atoms with Gasteiger partial charge in [0.15, 0.2) is 5.78 Å². The first-order valence-corrected chi connectivity index (χ1v) is 5.32. The van der Waals surface area contributed by atoms with Gasteiger partial charge >= 0.3 is 48.9 Å². The van der Waals surface area contributed by atoms with Crippen LogP contribution < -0.4 is 9.79 Å². The van der Waals surface area contributed by atoms with E-state index in [-0.39, 0.29) is 48.9 Å². The molecule has 0 spiro atoms. The summed E-state index contributed by atoms with van der Waals surface area (Å²) < 4.78 is 13.6. The fourth-order valence-electron chi connectivity index (χ4n) is 0.717. The molecule has 0 aliphatic rings. The molecule has 16 heavy (non-hydrogen) atoms. The van der Waals surface area contributed by atoms with Gasteiger partial charge in [-0.1, -0.05) is 0 Å². The maximum absolute atomic E-state index is 10.6. The second-order valence-corrected chi connectivity index (χ2v) is 4.01. The summed E-state index contributed by atoms with van der Waals surface area (Å²) in [6.07, 6.45) is -5.62. The van der Waals surface area contributed by atoms with Crippen LogP contribution in [0.15, 0.2) is 0 Å². The summed E-state index contributed by atoms with van der Waals surface area (Å²) in [6, 6.07) is 0. The van der Waals surface area contributed by atoms with Gasteiger partial charge in [-0.05, 0) is 6.92 Å². The minimum absolute atomic E-state index is 0. The van der Waals surface area contributed by atoms with E-state index in [1.807, 2.05) is 0 Å². The molecule has 0 bridgehead atoms. The van der Waals surface area contributed by atoms with Crippen LogP contribution in [0, 0.1) is 0 Å². The smallest absolute Gasteiger partial charge is 0.790 e. The van der Waals surface area contributed by atoms with E-state index in [1.165, 1.54) is 0 Å².